The van der Waals surface area contributed by atoms with E-state index in [0.29, 0.717) is 22.2 Å². The van der Waals surface area contributed by atoms with E-state index in [1.54, 1.807) is 0 Å². The van der Waals surface area contributed by atoms with Crippen LogP contribution in [0, 0.1) is 5.92 Å². The molecule has 90 valence electrons. The lowest BCUT2D eigenvalue weighted by atomic mass is 10.2. The highest BCUT2D eigenvalue weighted by atomic mass is 79.9. The first kappa shape index (κ1) is 10.9. The molecule has 0 saturated heterocycles. The largest absolute Gasteiger partial charge is 0.448 e. The maximum absolute atomic E-state index is 5.98. The number of nitrogens with zero attached hydrogens (tertiary/aromatic N) is 2. The number of anilines is 1. The SMILES string of the molecule is CC(C1CC1)n1cc(N)c(-c2ccc(Br)o2)n1. The third-order valence-electron chi connectivity index (χ3n) is 3.29. The molecule has 2 heterocycles. The number of hydrogen-bond donors (Lipinski definition) is 1. The minimum absolute atomic E-state index is 0.421. The lowest BCUT2D eigenvalue weighted by Crippen LogP contribution is -2.07. The summed E-state index contributed by atoms with van der Waals surface area (Å²) in [5, 5.41) is 4.53. The van der Waals surface area contributed by atoms with Crippen LogP contribution in [0.25, 0.3) is 11.5 Å². The molecule has 0 bridgehead atoms. The Balaban J connectivity index is 1.95. The summed E-state index contributed by atoms with van der Waals surface area (Å²) in [5.41, 5.74) is 7.37. The molecule has 17 heavy (non-hydrogen) atoms. The summed E-state index contributed by atoms with van der Waals surface area (Å²) in [6, 6.07) is 4.14. The van der Waals surface area contributed by atoms with E-state index in [1.165, 1.54) is 12.8 Å². The Kier molecular flexibility index (Phi) is 2.50. The van der Waals surface area contributed by atoms with Gasteiger partial charge in [-0.25, -0.2) is 0 Å². The standard InChI is InChI=1S/C12H14BrN3O/c1-7(8-2-3-8)16-6-9(14)12(15-16)10-4-5-11(13)17-10/h4-8H,2-3,14H2,1H3. The zero-order valence-electron chi connectivity index (χ0n) is 9.56. The van der Waals surface area contributed by atoms with Gasteiger partial charge in [0.15, 0.2) is 16.1 Å². The molecule has 0 aliphatic heterocycles. The summed E-state index contributed by atoms with van der Waals surface area (Å²) in [6.07, 6.45) is 4.49. The fourth-order valence-electron chi connectivity index (χ4n) is 2.04. The zero-order chi connectivity index (χ0) is 12.0. The van der Waals surface area contributed by atoms with Gasteiger partial charge in [-0.05, 0) is 53.7 Å². The Hall–Kier alpha value is -1.23. The van der Waals surface area contributed by atoms with Crippen LogP contribution < -0.4 is 5.73 Å². The van der Waals surface area contributed by atoms with Gasteiger partial charge in [0.05, 0.1) is 11.7 Å². The molecule has 4 nitrogen and oxygen atoms in total. The summed E-state index contributed by atoms with van der Waals surface area (Å²) in [5.74, 6) is 1.46. The van der Waals surface area contributed by atoms with Crippen LogP contribution in [0.15, 0.2) is 27.4 Å². The maximum atomic E-state index is 5.98. The molecule has 1 unspecified atom stereocenters. The maximum Gasteiger partial charge on any atom is 0.169 e. The Bertz CT molecular complexity index is 542. The van der Waals surface area contributed by atoms with E-state index in [-0.39, 0.29) is 0 Å². The topological polar surface area (TPSA) is 57.0 Å². The van der Waals surface area contributed by atoms with Gasteiger partial charge in [0.1, 0.15) is 0 Å². The minimum atomic E-state index is 0.421. The minimum Gasteiger partial charge on any atom is -0.448 e. The number of nitrogen functional groups attached to an aromatic ring is 1. The predicted molar refractivity (Wildman–Crippen MR) is 69.5 cm³/mol. The molecule has 0 spiro atoms. The predicted octanol–water partition coefficient (Wildman–Crippen LogP) is 3.46. The van der Waals surface area contributed by atoms with E-state index in [2.05, 4.69) is 28.0 Å². The van der Waals surface area contributed by atoms with Crippen LogP contribution in [0.1, 0.15) is 25.8 Å². The Labute approximate surface area is 108 Å². The zero-order valence-corrected chi connectivity index (χ0v) is 11.1. The molecule has 2 aromatic rings. The lowest BCUT2D eigenvalue weighted by Gasteiger charge is -2.09. The number of hydrogen-bond acceptors (Lipinski definition) is 3. The van der Waals surface area contributed by atoms with Crippen LogP contribution >= 0.6 is 15.9 Å². The highest BCUT2D eigenvalue weighted by Gasteiger charge is 2.30. The highest BCUT2D eigenvalue weighted by Crippen LogP contribution is 2.40. The van der Waals surface area contributed by atoms with Crippen molar-refractivity contribution in [3.8, 4) is 11.5 Å². The fourth-order valence-corrected chi connectivity index (χ4v) is 2.35. The van der Waals surface area contributed by atoms with Gasteiger partial charge in [-0.1, -0.05) is 0 Å². The molecule has 2 aromatic heterocycles. The van der Waals surface area contributed by atoms with E-state index in [1.807, 2.05) is 23.0 Å². The van der Waals surface area contributed by atoms with Gasteiger partial charge in [0, 0.05) is 6.20 Å². The number of rotatable bonds is 3. The first-order chi connectivity index (χ1) is 8.15. The molecule has 1 saturated carbocycles. The van der Waals surface area contributed by atoms with Gasteiger partial charge in [0.2, 0.25) is 0 Å². The Morgan fingerprint density at radius 2 is 2.29 bits per heavy atom. The van der Waals surface area contributed by atoms with Crippen LogP contribution in [0.2, 0.25) is 0 Å². The normalized spacial score (nSPS) is 17.3. The van der Waals surface area contributed by atoms with E-state index in [4.69, 9.17) is 10.2 Å². The summed E-state index contributed by atoms with van der Waals surface area (Å²) in [7, 11) is 0. The summed E-state index contributed by atoms with van der Waals surface area (Å²) in [6.45, 7) is 2.19. The van der Waals surface area contributed by atoms with Gasteiger partial charge >= 0.3 is 0 Å². The van der Waals surface area contributed by atoms with Crippen molar-refractivity contribution in [1.29, 1.82) is 0 Å². The second-order valence-electron chi connectivity index (χ2n) is 4.59. The monoisotopic (exact) mass is 295 g/mol. The van der Waals surface area contributed by atoms with Crippen molar-refractivity contribution in [3.05, 3.63) is 23.0 Å². The molecule has 5 heteroatoms. The molecule has 3 rings (SSSR count). The highest BCUT2D eigenvalue weighted by molar-refractivity contribution is 9.10. The van der Waals surface area contributed by atoms with Gasteiger partial charge in [-0.15, -0.1) is 0 Å². The fraction of sp³-hybridized carbons (Fsp3) is 0.417. The first-order valence-corrected chi connectivity index (χ1v) is 6.55. The van der Waals surface area contributed by atoms with Gasteiger partial charge < -0.3 is 10.2 Å². The Morgan fingerprint density at radius 3 is 2.88 bits per heavy atom. The number of nitrogens with two attached hydrogens (primary N) is 1. The van der Waals surface area contributed by atoms with Gasteiger partial charge in [0.25, 0.3) is 0 Å². The summed E-state index contributed by atoms with van der Waals surface area (Å²) in [4.78, 5) is 0. The van der Waals surface area contributed by atoms with E-state index in [9.17, 15) is 0 Å². The molecule has 0 aromatic carbocycles. The molecule has 0 amide bonds. The van der Waals surface area contributed by atoms with Gasteiger partial charge in [-0.3, -0.25) is 4.68 Å². The molecule has 1 atom stereocenters. The number of furan rings is 1. The molecule has 0 radical (unpaired) electrons. The van der Waals surface area contributed by atoms with E-state index >= 15 is 0 Å². The van der Waals surface area contributed by atoms with Gasteiger partial charge in [-0.2, -0.15) is 5.10 Å². The van der Waals surface area contributed by atoms with Crippen molar-refractivity contribution in [1.82, 2.24) is 9.78 Å². The number of aromatic nitrogens is 2. The molecule has 2 N–H and O–H groups in total. The summed E-state index contributed by atoms with van der Waals surface area (Å²) < 4.78 is 8.13. The average Bonchev–Trinajstić information content (AvgIpc) is 2.96. The first-order valence-electron chi connectivity index (χ1n) is 5.75. The van der Waals surface area contributed by atoms with Crippen molar-refractivity contribution >= 4 is 21.6 Å². The second kappa shape index (κ2) is 3.91. The molecular weight excluding hydrogens is 282 g/mol. The van der Waals surface area contributed by atoms with Crippen LogP contribution in [0.4, 0.5) is 5.69 Å². The Morgan fingerprint density at radius 1 is 1.53 bits per heavy atom. The molecular formula is C12H14BrN3O. The summed E-state index contributed by atoms with van der Waals surface area (Å²) >= 11 is 3.28. The number of halogens is 1. The smallest absolute Gasteiger partial charge is 0.169 e. The molecule has 1 aliphatic rings. The van der Waals surface area contributed by atoms with Crippen molar-refractivity contribution in [2.45, 2.75) is 25.8 Å². The van der Waals surface area contributed by atoms with E-state index < -0.39 is 0 Å². The van der Waals surface area contributed by atoms with Crippen LogP contribution in [-0.4, -0.2) is 9.78 Å². The molecule has 1 fully saturated rings. The van der Waals surface area contributed by atoms with Crippen LogP contribution in [0.3, 0.4) is 0 Å². The quantitative estimate of drug-likeness (QED) is 0.943. The molecule has 1 aliphatic carbocycles. The van der Waals surface area contributed by atoms with Crippen molar-refractivity contribution < 1.29 is 4.42 Å². The van der Waals surface area contributed by atoms with Crippen LogP contribution in [-0.2, 0) is 0 Å². The van der Waals surface area contributed by atoms with Crippen molar-refractivity contribution in [2.24, 2.45) is 5.92 Å². The average molecular weight is 296 g/mol. The second-order valence-corrected chi connectivity index (χ2v) is 5.38. The van der Waals surface area contributed by atoms with Crippen molar-refractivity contribution in [2.75, 3.05) is 5.73 Å². The van der Waals surface area contributed by atoms with Crippen molar-refractivity contribution in [3.63, 3.8) is 0 Å². The third kappa shape index (κ3) is 1.99. The van der Waals surface area contributed by atoms with E-state index in [0.717, 1.165) is 11.6 Å². The lowest BCUT2D eigenvalue weighted by molar-refractivity contribution is 0.439. The van der Waals surface area contributed by atoms with Crippen LogP contribution in [0.5, 0.6) is 0 Å². The third-order valence-corrected chi connectivity index (χ3v) is 3.71.